The summed E-state index contributed by atoms with van der Waals surface area (Å²) < 4.78 is 41.6. The van der Waals surface area contributed by atoms with Gasteiger partial charge in [-0.2, -0.15) is 0 Å². The Morgan fingerprint density at radius 1 is 0.700 bits per heavy atom. The smallest absolute Gasteiger partial charge is 0.307 e. The van der Waals surface area contributed by atoms with Crippen molar-refractivity contribution in [3.63, 3.8) is 0 Å². The van der Waals surface area contributed by atoms with Crippen LogP contribution in [0.4, 0.5) is 0 Å². The van der Waals surface area contributed by atoms with Gasteiger partial charge in [0.05, 0.1) is 0 Å². The van der Waals surface area contributed by atoms with Gasteiger partial charge in [0.25, 0.3) is 0 Å². The number of hydrogen-bond donors (Lipinski definition) is 0. The molecule has 118 valence electrons. The van der Waals surface area contributed by atoms with Gasteiger partial charge in [0, 0.05) is 41.3 Å². The number of unbranched alkanes of at least 4 members (excludes halogenated alkanes) is 1. The molecule has 0 aliphatic rings. The molecule has 0 atom stereocenters. The fourth-order valence-corrected chi connectivity index (χ4v) is 3.36. The van der Waals surface area contributed by atoms with Crippen LogP contribution in [0.1, 0.15) is 25.7 Å². The van der Waals surface area contributed by atoms with Crippen LogP contribution in [0.15, 0.2) is 0 Å². The average Bonchev–Trinajstić information content (AvgIpc) is 2.49. The molecule has 0 aliphatic carbocycles. The fraction of sp³-hybridized carbons (Fsp3) is 0.800. The first-order valence-corrected chi connectivity index (χ1v) is 8.88. The van der Waals surface area contributed by atoms with Gasteiger partial charge < -0.3 is 18.1 Å². The molecular formula is C10H20O8P2. The van der Waals surface area contributed by atoms with Crippen LogP contribution in [0, 0.1) is 0 Å². The molecule has 20 heavy (non-hydrogen) atoms. The summed E-state index contributed by atoms with van der Waals surface area (Å²) in [6.07, 6.45) is 0.455. The minimum Gasteiger partial charge on any atom is -0.307 e. The highest BCUT2D eigenvalue weighted by Crippen LogP contribution is 2.50. The molecule has 8 nitrogen and oxygen atoms in total. The van der Waals surface area contributed by atoms with Crippen molar-refractivity contribution in [3.8, 4) is 0 Å². The third kappa shape index (κ3) is 5.20. The van der Waals surface area contributed by atoms with Crippen molar-refractivity contribution < 1.29 is 36.8 Å². The zero-order valence-electron chi connectivity index (χ0n) is 12.0. The summed E-state index contributed by atoms with van der Waals surface area (Å²) in [5.41, 5.74) is -1.31. The molecule has 0 N–H and O–H groups in total. The van der Waals surface area contributed by atoms with Gasteiger partial charge in [0.15, 0.2) is 0 Å². The van der Waals surface area contributed by atoms with Crippen LogP contribution in [-0.4, -0.2) is 39.5 Å². The summed E-state index contributed by atoms with van der Waals surface area (Å²) >= 11 is 0. The lowest BCUT2D eigenvalue weighted by Crippen LogP contribution is -2.05. The van der Waals surface area contributed by atoms with Crippen LogP contribution in [0.25, 0.3) is 0 Å². The van der Waals surface area contributed by atoms with Crippen LogP contribution in [0.2, 0.25) is 0 Å². The predicted molar refractivity (Wildman–Crippen MR) is 71.7 cm³/mol. The van der Waals surface area contributed by atoms with Gasteiger partial charge in [-0.05, 0) is 12.8 Å². The summed E-state index contributed by atoms with van der Waals surface area (Å²) in [7, 11) is -2.92. The largest absolute Gasteiger partial charge is 0.396 e. The fourth-order valence-electron chi connectivity index (χ4n) is 1.38. The molecule has 0 radical (unpaired) electrons. The molecule has 0 fully saturated rings. The lowest BCUT2D eigenvalue weighted by atomic mass is 10.2. The van der Waals surface area contributed by atoms with E-state index >= 15 is 0 Å². The summed E-state index contributed by atoms with van der Waals surface area (Å²) in [4.78, 5) is 23.2. The van der Waals surface area contributed by atoms with Crippen LogP contribution < -0.4 is 0 Å². The van der Waals surface area contributed by atoms with E-state index in [1.165, 1.54) is 0 Å². The van der Waals surface area contributed by atoms with E-state index < -0.39 is 26.2 Å². The van der Waals surface area contributed by atoms with Crippen LogP contribution >= 0.6 is 15.2 Å². The molecule has 0 amide bonds. The number of rotatable bonds is 11. The first kappa shape index (κ1) is 19.6. The topological polar surface area (TPSA) is 105 Å². The van der Waals surface area contributed by atoms with Gasteiger partial charge in [0.2, 0.25) is 11.0 Å². The second kappa shape index (κ2) is 8.82. The molecule has 10 heteroatoms. The summed E-state index contributed by atoms with van der Waals surface area (Å²) in [5.74, 6) is 0. The Morgan fingerprint density at radius 3 is 1.15 bits per heavy atom. The molecule has 0 bridgehead atoms. The van der Waals surface area contributed by atoms with Gasteiger partial charge in [-0.3, -0.25) is 18.7 Å². The van der Waals surface area contributed by atoms with E-state index in [9.17, 15) is 18.7 Å². The van der Waals surface area contributed by atoms with Gasteiger partial charge >= 0.3 is 15.2 Å². The molecule has 0 aromatic rings. The standard InChI is InChI=1S/C10H20O8P2/c1-15-19(13,16-2)9(11)7-5-6-8-10(12)20(14,17-3)18-4/h5-8H2,1-4H3. The Hall–Kier alpha value is -0.360. The lowest BCUT2D eigenvalue weighted by molar-refractivity contribution is -0.115. The zero-order chi connectivity index (χ0) is 15.8. The van der Waals surface area contributed by atoms with Crippen molar-refractivity contribution in [2.75, 3.05) is 28.4 Å². The lowest BCUT2D eigenvalue weighted by Gasteiger charge is -2.12. The minimum atomic E-state index is -3.71. The molecule has 0 saturated heterocycles. The molecule has 0 aromatic carbocycles. The van der Waals surface area contributed by atoms with E-state index in [2.05, 4.69) is 18.1 Å². The van der Waals surface area contributed by atoms with Crippen molar-refractivity contribution in [1.82, 2.24) is 0 Å². The highest BCUT2D eigenvalue weighted by Gasteiger charge is 2.33. The van der Waals surface area contributed by atoms with Crippen LogP contribution in [-0.2, 0) is 36.8 Å². The molecule has 0 unspecified atom stereocenters. The zero-order valence-corrected chi connectivity index (χ0v) is 13.8. The van der Waals surface area contributed by atoms with Crippen molar-refractivity contribution >= 4 is 26.2 Å². The van der Waals surface area contributed by atoms with Crippen molar-refractivity contribution in [2.24, 2.45) is 0 Å². The molecule has 0 saturated carbocycles. The summed E-state index contributed by atoms with van der Waals surface area (Å²) in [6.45, 7) is 0. The normalized spacial score (nSPS) is 12.4. The van der Waals surface area contributed by atoms with Crippen LogP contribution in [0.3, 0.4) is 0 Å². The molecular weight excluding hydrogens is 310 g/mol. The summed E-state index contributed by atoms with van der Waals surface area (Å²) in [6, 6.07) is 0. The second-order valence-electron chi connectivity index (χ2n) is 3.72. The van der Waals surface area contributed by atoms with Gasteiger partial charge in [0.1, 0.15) is 0 Å². The maximum Gasteiger partial charge on any atom is 0.396 e. The highest BCUT2D eigenvalue weighted by atomic mass is 31.2. The number of hydrogen-bond acceptors (Lipinski definition) is 8. The van der Waals surface area contributed by atoms with E-state index in [0.29, 0.717) is 0 Å². The van der Waals surface area contributed by atoms with E-state index in [1.807, 2.05) is 0 Å². The van der Waals surface area contributed by atoms with Crippen molar-refractivity contribution in [2.45, 2.75) is 25.7 Å². The van der Waals surface area contributed by atoms with Crippen molar-refractivity contribution in [1.29, 1.82) is 0 Å². The Balaban J connectivity index is 4.23. The first-order valence-electron chi connectivity index (χ1n) is 5.79. The molecule has 0 aliphatic heterocycles. The SMILES string of the molecule is COP(=O)(OC)C(=O)CCCCC(=O)P(=O)(OC)OC. The van der Waals surface area contributed by atoms with Crippen LogP contribution in [0.5, 0.6) is 0 Å². The van der Waals surface area contributed by atoms with Gasteiger partial charge in [-0.15, -0.1) is 0 Å². The second-order valence-corrected chi connectivity index (χ2v) is 8.17. The maximum atomic E-state index is 11.7. The van der Waals surface area contributed by atoms with Gasteiger partial charge in [-0.25, -0.2) is 0 Å². The van der Waals surface area contributed by atoms with E-state index in [1.54, 1.807) is 0 Å². The number of carbonyl (C=O) groups excluding carboxylic acids is 2. The van der Waals surface area contributed by atoms with E-state index in [0.717, 1.165) is 28.4 Å². The third-order valence-electron chi connectivity index (χ3n) is 2.60. The Morgan fingerprint density at radius 2 is 0.950 bits per heavy atom. The quantitative estimate of drug-likeness (QED) is 0.420. The highest BCUT2D eigenvalue weighted by molar-refractivity contribution is 7.72. The number of carbonyl (C=O) groups is 2. The average molecular weight is 330 g/mol. The third-order valence-corrected chi connectivity index (χ3v) is 6.20. The molecule has 0 rings (SSSR count). The van der Waals surface area contributed by atoms with E-state index in [4.69, 9.17) is 0 Å². The molecule has 0 aromatic heterocycles. The Bertz CT molecular complexity index is 377. The molecule has 0 heterocycles. The first-order chi connectivity index (χ1) is 9.29. The monoisotopic (exact) mass is 330 g/mol. The predicted octanol–water partition coefficient (Wildman–Crippen LogP) is 2.57. The summed E-state index contributed by atoms with van der Waals surface area (Å²) in [5, 5.41) is 0. The Kier molecular flexibility index (Phi) is 8.66. The van der Waals surface area contributed by atoms with Crippen molar-refractivity contribution in [3.05, 3.63) is 0 Å². The van der Waals surface area contributed by atoms with E-state index in [-0.39, 0.29) is 25.7 Å². The Labute approximate surface area is 118 Å². The molecule has 0 spiro atoms. The minimum absolute atomic E-state index is 0.0590. The maximum absolute atomic E-state index is 11.7. The van der Waals surface area contributed by atoms with Gasteiger partial charge in [-0.1, -0.05) is 0 Å².